The molecule has 2 heterocycles. The van der Waals surface area contributed by atoms with Gasteiger partial charge in [-0.15, -0.1) is 0 Å². The summed E-state index contributed by atoms with van der Waals surface area (Å²) in [7, 11) is -2.35. The largest absolute Gasteiger partial charge is 0.487 e. The molecule has 0 saturated carbocycles. The fourth-order valence-corrected chi connectivity index (χ4v) is 11.3. The van der Waals surface area contributed by atoms with E-state index in [0.29, 0.717) is 80.3 Å². The summed E-state index contributed by atoms with van der Waals surface area (Å²) < 4.78 is 19.6. The van der Waals surface area contributed by atoms with E-state index in [1.807, 2.05) is 133 Å². The summed E-state index contributed by atoms with van der Waals surface area (Å²) in [4.78, 5) is 60.2. The van der Waals surface area contributed by atoms with Crippen LogP contribution in [0.4, 0.5) is 16.2 Å². The van der Waals surface area contributed by atoms with Crippen LogP contribution in [0.5, 0.6) is 5.75 Å². The van der Waals surface area contributed by atoms with Crippen LogP contribution >= 0.6 is 0 Å². The van der Waals surface area contributed by atoms with E-state index in [2.05, 4.69) is 107 Å². The molecule has 0 radical (unpaired) electrons. The summed E-state index contributed by atoms with van der Waals surface area (Å²) in [5, 5.41) is 9.85. The molecule has 1 atom stereocenters. The zero-order valence-electron chi connectivity index (χ0n) is 47.8. The quantitative estimate of drug-likeness (QED) is 0.0458. The van der Waals surface area contributed by atoms with Crippen molar-refractivity contribution in [3.8, 4) is 16.9 Å². The Bertz CT molecular complexity index is 3450. The number of amides is 3. The van der Waals surface area contributed by atoms with E-state index >= 15 is 0 Å². The highest BCUT2D eigenvalue weighted by Gasteiger charge is 2.40. The van der Waals surface area contributed by atoms with Gasteiger partial charge in [-0.1, -0.05) is 160 Å². The van der Waals surface area contributed by atoms with Gasteiger partial charge in [0.2, 0.25) is 11.5 Å². The maximum atomic E-state index is 13.6. The van der Waals surface area contributed by atoms with Crippen LogP contribution in [-0.2, 0) is 40.1 Å². The predicted molar refractivity (Wildman–Crippen MR) is 331 cm³/mol. The molecule has 1 aliphatic rings. The number of anilines is 2. The summed E-state index contributed by atoms with van der Waals surface area (Å²) in [5.74, 6) is 0.296. The van der Waals surface area contributed by atoms with Crippen LogP contribution in [0.25, 0.3) is 22.0 Å². The van der Waals surface area contributed by atoms with Gasteiger partial charge in [0.15, 0.2) is 8.32 Å². The highest BCUT2D eigenvalue weighted by molar-refractivity contribution is 6.74. The summed E-state index contributed by atoms with van der Waals surface area (Å²) in [6, 6.07) is 60.9. The van der Waals surface area contributed by atoms with Gasteiger partial charge in [-0.05, 0) is 113 Å². The fraction of sp³-hybridized carbons (Fsp3) is 0.294. The maximum Gasteiger partial charge on any atom is 0.411 e. The van der Waals surface area contributed by atoms with E-state index in [0.717, 1.165) is 64.8 Å². The number of ether oxygens (including phenoxy) is 2. The molecule has 0 spiro atoms. The minimum absolute atomic E-state index is 0.0587. The van der Waals surface area contributed by atoms with Gasteiger partial charge in [0.05, 0.1) is 17.3 Å². The maximum absolute atomic E-state index is 13.6. The number of nitrogens with zero attached hydrogens (tertiary/aromatic N) is 2. The number of likely N-dealkylation sites (tertiary alicyclic amines) is 1. The SMILES string of the molecule is CC(C)(C)[Si](C)(C)OC(CN(CCc1ccc(NC(=O)c2cccc(CNC(=O)CCN3CCC(OC(=O)Nc4ccccc4-c4ccccc4)CC3)c2)cc1)Cc1ccccc1)c1ccc(OCc2ccccc2)c2[nH]c(=O)ccc12. The first-order chi connectivity index (χ1) is 39.6. The smallest absolute Gasteiger partial charge is 0.411 e. The van der Waals surface area contributed by atoms with Gasteiger partial charge in [0.1, 0.15) is 18.5 Å². The molecule has 13 nitrogen and oxygen atoms in total. The topological polar surface area (TPSA) is 154 Å². The van der Waals surface area contributed by atoms with E-state index in [1.165, 1.54) is 5.56 Å². The summed E-state index contributed by atoms with van der Waals surface area (Å²) in [6.45, 7) is 16.1. The Morgan fingerprint density at radius 3 is 2.11 bits per heavy atom. The molecule has 1 aliphatic heterocycles. The molecule has 3 amide bonds. The number of pyridine rings is 1. The number of benzene rings is 7. The molecule has 8 aromatic rings. The van der Waals surface area contributed by atoms with Crippen LogP contribution in [0.2, 0.25) is 18.1 Å². The van der Waals surface area contributed by atoms with Crippen molar-refractivity contribution in [1.29, 1.82) is 0 Å². The number of aromatic amines is 1. The number of H-pyrrole nitrogens is 1. The average Bonchev–Trinajstić information content (AvgIpc) is 3.68. The van der Waals surface area contributed by atoms with Gasteiger partial charge >= 0.3 is 6.09 Å². The summed E-state index contributed by atoms with van der Waals surface area (Å²) in [6.07, 6.45) is 1.46. The van der Waals surface area contributed by atoms with Crippen LogP contribution in [0.3, 0.4) is 0 Å². The first kappa shape index (κ1) is 58.5. The number of nitrogens with one attached hydrogen (secondary N) is 4. The first-order valence-electron chi connectivity index (χ1n) is 28.5. The molecule has 1 saturated heterocycles. The van der Waals surface area contributed by atoms with Crippen LogP contribution in [-0.4, -0.2) is 79.8 Å². The molecule has 424 valence electrons. The number of carbonyl (C=O) groups is 3. The zero-order chi connectivity index (χ0) is 57.5. The van der Waals surface area contributed by atoms with E-state index in [-0.39, 0.29) is 34.6 Å². The normalized spacial score (nSPS) is 13.6. The van der Waals surface area contributed by atoms with Crippen molar-refractivity contribution in [3.63, 3.8) is 0 Å². The second-order valence-corrected chi connectivity index (χ2v) is 27.5. The van der Waals surface area contributed by atoms with E-state index in [1.54, 1.807) is 12.1 Å². The molecule has 14 heteroatoms. The molecule has 7 aromatic carbocycles. The highest BCUT2D eigenvalue weighted by atomic mass is 28.4. The van der Waals surface area contributed by atoms with Gasteiger partial charge in [-0.25, -0.2) is 4.79 Å². The minimum atomic E-state index is -2.35. The van der Waals surface area contributed by atoms with Crippen molar-refractivity contribution in [2.45, 2.75) is 96.5 Å². The number of hydrogen-bond acceptors (Lipinski definition) is 9. The number of hydrogen-bond donors (Lipinski definition) is 4. The van der Waals surface area contributed by atoms with Crippen LogP contribution in [0.1, 0.15) is 84.3 Å². The minimum Gasteiger partial charge on any atom is -0.487 e. The number of fused-ring (bicyclic) bond motifs is 1. The van der Waals surface area contributed by atoms with Crippen molar-refractivity contribution >= 4 is 48.5 Å². The lowest BCUT2D eigenvalue weighted by Gasteiger charge is -2.41. The van der Waals surface area contributed by atoms with Crippen LogP contribution in [0.15, 0.2) is 193 Å². The van der Waals surface area contributed by atoms with E-state index in [4.69, 9.17) is 13.9 Å². The molecule has 1 aromatic heterocycles. The number of carbonyl (C=O) groups excluding carboxylic acids is 3. The van der Waals surface area contributed by atoms with Crippen LogP contribution < -0.4 is 26.2 Å². The molecule has 4 N–H and O–H groups in total. The monoisotopic (exact) mass is 1120 g/mol. The first-order valence-corrected chi connectivity index (χ1v) is 31.4. The highest BCUT2D eigenvalue weighted by Crippen LogP contribution is 2.42. The lowest BCUT2D eigenvalue weighted by Crippen LogP contribution is -2.44. The van der Waals surface area contributed by atoms with Crippen molar-refractivity contribution in [3.05, 3.63) is 232 Å². The third-order valence-corrected chi connectivity index (χ3v) is 20.2. The van der Waals surface area contributed by atoms with Gasteiger partial charge < -0.3 is 34.4 Å². The Labute approximate surface area is 483 Å². The Morgan fingerprint density at radius 1 is 0.720 bits per heavy atom. The van der Waals surface area contributed by atoms with E-state index < -0.39 is 14.4 Å². The predicted octanol–water partition coefficient (Wildman–Crippen LogP) is 13.6. The second-order valence-electron chi connectivity index (χ2n) is 22.7. The molecular formula is C68H76N6O7Si. The van der Waals surface area contributed by atoms with Gasteiger partial charge in [0, 0.05) is 80.5 Å². The number of rotatable bonds is 23. The third kappa shape index (κ3) is 16.3. The van der Waals surface area contributed by atoms with Crippen molar-refractivity contribution < 1.29 is 28.3 Å². The Hall–Kier alpha value is -8.14. The summed E-state index contributed by atoms with van der Waals surface area (Å²) >= 11 is 0. The van der Waals surface area contributed by atoms with Gasteiger partial charge in [0.25, 0.3) is 5.91 Å². The number of para-hydroxylation sites is 1. The molecule has 1 fully saturated rings. The standard InChI is InChI=1S/C68H76N6O7Si/c1-68(2,3)82(4,5)81-62(58-32-34-61(65-59(58)33-35-64(76)72-65)79-48-51-20-11-7-12-21-51)47-74(46-50-18-9-6-10-19-50)40-36-49-28-30-55(31-29-49)70-66(77)54-25-17-22-52(44-54)45-69-63(75)39-43-73-41-37-56(38-42-73)80-67(78)71-60-27-16-15-26-57(60)53-23-13-8-14-24-53/h6-35,44,56,62H,36-43,45-48H2,1-5H3,(H,69,75)(H,70,77)(H,71,78)(H,72,76). The number of piperidine rings is 1. The second kappa shape index (κ2) is 27.5. The Balaban J connectivity index is 0.772. The lowest BCUT2D eigenvalue weighted by atomic mass is 10.0. The molecule has 9 rings (SSSR count). The molecule has 0 bridgehead atoms. The molecule has 82 heavy (non-hydrogen) atoms. The molecular weight excluding hydrogens is 1040 g/mol. The summed E-state index contributed by atoms with van der Waals surface area (Å²) in [5.41, 5.74) is 9.44. The Kier molecular flexibility index (Phi) is 19.7. The van der Waals surface area contributed by atoms with Crippen LogP contribution in [0, 0.1) is 0 Å². The van der Waals surface area contributed by atoms with Crippen molar-refractivity contribution in [1.82, 2.24) is 20.1 Å². The Morgan fingerprint density at radius 2 is 1.39 bits per heavy atom. The van der Waals surface area contributed by atoms with Gasteiger partial charge in [-0.2, -0.15) is 0 Å². The molecule has 0 aliphatic carbocycles. The fourth-order valence-electron chi connectivity index (χ4n) is 10.0. The van der Waals surface area contributed by atoms with E-state index in [9.17, 15) is 19.2 Å². The van der Waals surface area contributed by atoms with Crippen molar-refractivity contribution in [2.24, 2.45) is 0 Å². The molecule has 1 unspecified atom stereocenters. The third-order valence-electron chi connectivity index (χ3n) is 15.7. The average molecular weight is 1120 g/mol. The zero-order valence-corrected chi connectivity index (χ0v) is 48.8. The lowest BCUT2D eigenvalue weighted by molar-refractivity contribution is -0.121. The van der Waals surface area contributed by atoms with Gasteiger partial charge in [-0.3, -0.25) is 24.6 Å². The number of aromatic nitrogens is 1. The van der Waals surface area contributed by atoms with Crippen molar-refractivity contribution in [2.75, 3.05) is 43.4 Å².